The number of aliphatic hydroxyl groups is 1. The van der Waals surface area contributed by atoms with E-state index in [1.165, 1.54) is 7.11 Å². The fourth-order valence-electron chi connectivity index (χ4n) is 2.83. The number of aliphatic hydroxyl groups excluding tert-OH is 1. The average Bonchev–Trinajstić information content (AvgIpc) is 2.50. The Hall–Kier alpha value is -1.68. The molecule has 4 heteroatoms. The zero-order valence-electron chi connectivity index (χ0n) is 14.8. The van der Waals surface area contributed by atoms with Crippen molar-refractivity contribution in [2.45, 2.75) is 59.5 Å². The third-order valence-corrected chi connectivity index (χ3v) is 4.47. The number of methoxy groups -OCH3 is 1. The lowest BCUT2D eigenvalue weighted by atomic mass is 9.70. The first-order valence-electron chi connectivity index (χ1n) is 8.08. The van der Waals surface area contributed by atoms with Crippen molar-refractivity contribution < 1.29 is 19.4 Å². The minimum Gasteiger partial charge on any atom is -0.468 e. The van der Waals surface area contributed by atoms with E-state index in [0.29, 0.717) is 24.8 Å². The highest BCUT2D eigenvalue weighted by atomic mass is 16.5. The molecule has 0 amide bonds. The molecule has 0 saturated carbocycles. The summed E-state index contributed by atoms with van der Waals surface area (Å²) >= 11 is 0. The lowest BCUT2D eigenvalue weighted by Gasteiger charge is -2.33. The van der Waals surface area contributed by atoms with E-state index in [0.717, 1.165) is 17.6 Å². The lowest BCUT2D eigenvalue weighted by Crippen LogP contribution is -2.35. The van der Waals surface area contributed by atoms with Crippen molar-refractivity contribution in [2.75, 3.05) is 7.11 Å². The van der Waals surface area contributed by atoms with Gasteiger partial charge >= 0.3 is 5.97 Å². The van der Waals surface area contributed by atoms with Gasteiger partial charge in [-0.25, -0.2) is 0 Å². The van der Waals surface area contributed by atoms with Crippen LogP contribution in [0, 0.1) is 5.41 Å². The van der Waals surface area contributed by atoms with Crippen LogP contribution in [0.4, 0.5) is 0 Å². The summed E-state index contributed by atoms with van der Waals surface area (Å²) in [6.07, 6.45) is 7.85. The molecule has 1 rings (SSSR count). The number of hydrogen-bond acceptors (Lipinski definition) is 4. The molecule has 128 valence electrons. The second-order valence-electron chi connectivity index (χ2n) is 6.49. The molecule has 0 fully saturated rings. The quantitative estimate of drug-likeness (QED) is 0.601. The summed E-state index contributed by atoms with van der Waals surface area (Å²) < 4.78 is 4.94. The van der Waals surface area contributed by atoms with Crippen LogP contribution >= 0.6 is 0 Å². The van der Waals surface area contributed by atoms with E-state index in [4.69, 9.17) is 4.74 Å². The molecule has 2 atom stereocenters. The summed E-state index contributed by atoms with van der Waals surface area (Å²) in [7, 11) is 1.38. The molecule has 1 aliphatic carbocycles. The number of ether oxygens (including phenoxy) is 1. The van der Waals surface area contributed by atoms with Gasteiger partial charge in [-0.15, -0.1) is 0 Å². The molecule has 0 bridgehead atoms. The first-order chi connectivity index (χ1) is 10.7. The minimum absolute atomic E-state index is 0.0850. The predicted octanol–water partition coefficient (Wildman–Crippen LogP) is 3.51. The Morgan fingerprint density at radius 2 is 2.13 bits per heavy atom. The summed E-state index contributed by atoms with van der Waals surface area (Å²) in [5, 5.41) is 9.28. The minimum atomic E-state index is -0.775. The third kappa shape index (κ3) is 4.90. The summed E-state index contributed by atoms with van der Waals surface area (Å²) in [6, 6.07) is 0. The molecule has 1 N–H and O–H groups in total. The molecule has 0 aliphatic heterocycles. The van der Waals surface area contributed by atoms with Crippen molar-refractivity contribution in [2.24, 2.45) is 5.41 Å². The van der Waals surface area contributed by atoms with Crippen LogP contribution in [-0.2, 0) is 14.3 Å². The van der Waals surface area contributed by atoms with E-state index < -0.39 is 5.41 Å². The normalized spacial score (nSPS) is 24.3. The maximum atomic E-state index is 12.2. The van der Waals surface area contributed by atoms with E-state index in [1.54, 1.807) is 13.8 Å². The average molecular weight is 320 g/mol. The Labute approximate surface area is 138 Å². The van der Waals surface area contributed by atoms with Crippen LogP contribution in [0.3, 0.4) is 0 Å². The molecular formula is C19H28O4. The summed E-state index contributed by atoms with van der Waals surface area (Å²) in [5.41, 5.74) is 1.64. The second kappa shape index (κ2) is 8.25. The highest BCUT2D eigenvalue weighted by Crippen LogP contribution is 2.41. The standard InChI is InChI=1S/C19H28O4/c1-13(7-6-8-14(2)20)9-10-16-15(3)17(21)11-12-19(16,4)18(22)23-5/h7,9-10,14,20H,6,8,11-12H2,1-5H3/b10-9+,13-7+/t14?,19-/m0/s1. The van der Waals surface area contributed by atoms with E-state index in [9.17, 15) is 14.7 Å². The molecule has 23 heavy (non-hydrogen) atoms. The van der Waals surface area contributed by atoms with Gasteiger partial charge in [0.05, 0.1) is 18.6 Å². The molecule has 0 radical (unpaired) electrons. The number of Topliss-reactive ketones (excluding diaryl/α,β-unsaturated/α-hetero) is 1. The van der Waals surface area contributed by atoms with Crippen molar-refractivity contribution in [1.82, 2.24) is 0 Å². The van der Waals surface area contributed by atoms with E-state index in [-0.39, 0.29) is 17.9 Å². The zero-order valence-corrected chi connectivity index (χ0v) is 14.8. The second-order valence-corrected chi connectivity index (χ2v) is 6.49. The summed E-state index contributed by atoms with van der Waals surface area (Å²) in [4.78, 5) is 24.2. The van der Waals surface area contributed by atoms with Crippen molar-refractivity contribution in [3.63, 3.8) is 0 Å². The van der Waals surface area contributed by atoms with Crippen LogP contribution in [0.15, 0.2) is 34.9 Å². The van der Waals surface area contributed by atoms with Crippen LogP contribution < -0.4 is 0 Å². The highest BCUT2D eigenvalue weighted by molar-refractivity contribution is 6.00. The van der Waals surface area contributed by atoms with Gasteiger partial charge in [0.2, 0.25) is 0 Å². The Bertz CT molecular complexity index is 552. The molecule has 1 unspecified atom stereocenters. The summed E-state index contributed by atoms with van der Waals surface area (Å²) in [5.74, 6) is -0.221. The van der Waals surface area contributed by atoms with Gasteiger partial charge in [0.15, 0.2) is 5.78 Å². The van der Waals surface area contributed by atoms with Gasteiger partial charge in [0.25, 0.3) is 0 Å². The Balaban J connectivity index is 3.04. The van der Waals surface area contributed by atoms with Gasteiger partial charge in [0, 0.05) is 6.42 Å². The Morgan fingerprint density at radius 1 is 1.48 bits per heavy atom. The molecule has 0 aromatic carbocycles. The molecule has 0 saturated heterocycles. The Morgan fingerprint density at radius 3 is 2.70 bits per heavy atom. The van der Waals surface area contributed by atoms with Gasteiger partial charge in [-0.1, -0.05) is 23.8 Å². The van der Waals surface area contributed by atoms with Gasteiger partial charge < -0.3 is 9.84 Å². The smallest absolute Gasteiger partial charge is 0.316 e. The maximum absolute atomic E-state index is 12.2. The summed E-state index contributed by atoms with van der Waals surface area (Å²) in [6.45, 7) is 7.34. The van der Waals surface area contributed by atoms with Gasteiger partial charge in [0.1, 0.15) is 0 Å². The first-order valence-corrected chi connectivity index (χ1v) is 8.08. The molecular weight excluding hydrogens is 292 g/mol. The monoisotopic (exact) mass is 320 g/mol. The number of ketones is 1. The lowest BCUT2D eigenvalue weighted by molar-refractivity contribution is -0.150. The van der Waals surface area contributed by atoms with E-state index in [1.807, 2.05) is 32.1 Å². The predicted molar refractivity (Wildman–Crippen MR) is 90.9 cm³/mol. The van der Waals surface area contributed by atoms with Crippen LogP contribution in [0.25, 0.3) is 0 Å². The fourth-order valence-corrected chi connectivity index (χ4v) is 2.83. The molecule has 0 spiro atoms. The highest BCUT2D eigenvalue weighted by Gasteiger charge is 2.42. The van der Waals surface area contributed by atoms with Crippen LogP contribution in [0.5, 0.6) is 0 Å². The fraction of sp³-hybridized carbons (Fsp3) is 0.579. The van der Waals surface area contributed by atoms with Crippen LogP contribution in [0.1, 0.15) is 53.4 Å². The number of esters is 1. The molecule has 0 aromatic rings. The number of carbonyl (C=O) groups is 2. The van der Waals surface area contributed by atoms with Crippen LogP contribution in [0.2, 0.25) is 0 Å². The van der Waals surface area contributed by atoms with Crippen molar-refractivity contribution in [1.29, 1.82) is 0 Å². The SMILES string of the molecule is COC(=O)[C@@]1(C)CCC(=O)C(C)=C1/C=C/C(C)=C/CCC(C)O. The largest absolute Gasteiger partial charge is 0.468 e. The van der Waals surface area contributed by atoms with E-state index in [2.05, 4.69) is 0 Å². The van der Waals surface area contributed by atoms with Crippen LogP contribution in [-0.4, -0.2) is 30.1 Å². The Kier molecular flexibility index (Phi) is 6.95. The number of rotatable bonds is 6. The number of hydrogen-bond donors (Lipinski definition) is 1. The van der Waals surface area contributed by atoms with Gasteiger partial charge in [-0.3, -0.25) is 9.59 Å². The number of allylic oxidation sites excluding steroid dienone is 5. The van der Waals surface area contributed by atoms with Crippen molar-refractivity contribution in [3.05, 3.63) is 34.9 Å². The van der Waals surface area contributed by atoms with Gasteiger partial charge in [-0.05, 0) is 58.1 Å². The third-order valence-electron chi connectivity index (χ3n) is 4.47. The number of carbonyl (C=O) groups excluding carboxylic acids is 2. The van der Waals surface area contributed by atoms with Gasteiger partial charge in [-0.2, -0.15) is 0 Å². The topological polar surface area (TPSA) is 63.6 Å². The molecule has 0 aromatic heterocycles. The zero-order chi connectivity index (χ0) is 17.6. The van der Waals surface area contributed by atoms with Crippen molar-refractivity contribution in [3.8, 4) is 0 Å². The molecule has 4 nitrogen and oxygen atoms in total. The first kappa shape index (κ1) is 19.4. The molecule has 0 heterocycles. The molecule has 1 aliphatic rings. The maximum Gasteiger partial charge on any atom is 0.316 e. The van der Waals surface area contributed by atoms with E-state index >= 15 is 0 Å². The van der Waals surface area contributed by atoms with Crippen molar-refractivity contribution >= 4 is 11.8 Å².